The highest BCUT2D eigenvalue weighted by Gasteiger charge is 2.76. The van der Waals surface area contributed by atoms with Crippen molar-refractivity contribution in [1.29, 1.82) is 0 Å². The Balaban J connectivity index is 1.61. The number of nitrogens with zero attached hydrogens (tertiary/aromatic N) is 1. The van der Waals surface area contributed by atoms with E-state index in [1.807, 2.05) is 44.2 Å². The van der Waals surface area contributed by atoms with Gasteiger partial charge in [-0.2, -0.15) is 0 Å². The molecule has 9 heteroatoms. The van der Waals surface area contributed by atoms with Gasteiger partial charge in [-0.15, -0.1) is 0 Å². The number of amides is 3. The molecule has 0 saturated carbocycles. The Hall–Kier alpha value is -1.97. The third-order valence-corrected chi connectivity index (χ3v) is 8.27. The molecule has 198 valence electrons. The van der Waals surface area contributed by atoms with Gasteiger partial charge < -0.3 is 25.4 Å². The second kappa shape index (κ2) is 9.72. The lowest BCUT2D eigenvalue weighted by molar-refractivity contribution is -0.143. The van der Waals surface area contributed by atoms with Gasteiger partial charge in [0.1, 0.15) is 11.6 Å². The molecule has 0 aromatic heterocycles. The minimum atomic E-state index is -1.12. The van der Waals surface area contributed by atoms with E-state index in [1.54, 1.807) is 0 Å². The average Bonchev–Trinajstić information content (AvgIpc) is 3.35. The molecular weight excluding hydrogens is 526 g/mol. The van der Waals surface area contributed by atoms with Gasteiger partial charge in [-0.05, 0) is 37.7 Å². The molecule has 3 heterocycles. The molecule has 4 rings (SSSR count). The summed E-state index contributed by atoms with van der Waals surface area (Å²) in [4.78, 5) is 42.2. The number of fused-ring (bicyclic) bond motifs is 1. The zero-order chi connectivity index (χ0) is 26.5. The molecule has 3 N–H and O–H groups in total. The molecule has 8 nitrogen and oxygen atoms in total. The van der Waals surface area contributed by atoms with Crippen LogP contribution in [0.25, 0.3) is 0 Å². The van der Waals surface area contributed by atoms with Crippen molar-refractivity contribution >= 4 is 33.7 Å². The van der Waals surface area contributed by atoms with Crippen LogP contribution in [0.3, 0.4) is 0 Å². The van der Waals surface area contributed by atoms with Crippen LogP contribution in [0.1, 0.15) is 53.0 Å². The predicted octanol–water partition coefficient (Wildman–Crippen LogP) is 2.37. The van der Waals surface area contributed by atoms with E-state index in [0.29, 0.717) is 13.0 Å². The van der Waals surface area contributed by atoms with Crippen LogP contribution in [0.2, 0.25) is 0 Å². The van der Waals surface area contributed by atoms with Crippen LogP contribution in [-0.4, -0.2) is 69.0 Å². The fourth-order valence-corrected chi connectivity index (χ4v) is 7.70. The van der Waals surface area contributed by atoms with Crippen molar-refractivity contribution in [2.24, 2.45) is 17.3 Å². The van der Waals surface area contributed by atoms with Gasteiger partial charge in [-0.25, -0.2) is 0 Å². The molecule has 3 aliphatic rings. The minimum Gasteiger partial charge on any atom is -0.395 e. The van der Waals surface area contributed by atoms with Gasteiger partial charge >= 0.3 is 0 Å². The number of carbonyl (C=O) groups is 3. The normalized spacial score (nSPS) is 31.5. The highest BCUT2D eigenvalue weighted by atomic mass is 79.9. The molecule has 3 saturated heterocycles. The van der Waals surface area contributed by atoms with Crippen molar-refractivity contribution in [1.82, 2.24) is 15.5 Å². The lowest BCUT2D eigenvalue weighted by Gasteiger charge is -2.38. The quantitative estimate of drug-likeness (QED) is 0.421. The van der Waals surface area contributed by atoms with E-state index in [-0.39, 0.29) is 41.1 Å². The molecule has 1 aromatic carbocycles. The molecule has 3 amide bonds. The smallest absolute Gasteiger partial charge is 0.246 e. The van der Waals surface area contributed by atoms with Crippen LogP contribution in [0.5, 0.6) is 0 Å². The fourth-order valence-electron chi connectivity index (χ4n) is 6.75. The first-order valence-electron chi connectivity index (χ1n) is 12.7. The number of aliphatic hydroxyl groups excluding tert-OH is 1. The lowest BCUT2D eigenvalue weighted by Crippen LogP contribution is -2.60. The van der Waals surface area contributed by atoms with Crippen molar-refractivity contribution in [3.63, 3.8) is 0 Å². The lowest BCUT2D eigenvalue weighted by atomic mass is 9.70. The summed E-state index contributed by atoms with van der Waals surface area (Å²) in [6, 6.07) is 8.66. The van der Waals surface area contributed by atoms with Crippen LogP contribution in [0, 0.1) is 17.3 Å². The van der Waals surface area contributed by atoms with Crippen molar-refractivity contribution < 1.29 is 24.2 Å². The predicted molar refractivity (Wildman–Crippen MR) is 139 cm³/mol. The van der Waals surface area contributed by atoms with Crippen LogP contribution < -0.4 is 10.6 Å². The number of nitrogens with one attached hydrogen (secondary N) is 2. The Morgan fingerprint density at radius 2 is 1.83 bits per heavy atom. The molecule has 6 atom stereocenters. The van der Waals surface area contributed by atoms with E-state index in [2.05, 4.69) is 47.3 Å². The minimum absolute atomic E-state index is 0.00814. The summed E-state index contributed by atoms with van der Waals surface area (Å²) >= 11 is 3.67. The summed E-state index contributed by atoms with van der Waals surface area (Å²) in [5.74, 6) is -2.37. The molecule has 3 unspecified atom stereocenters. The number of rotatable bonds is 8. The highest BCUT2D eigenvalue weighted by Crippen LogP contribution is 2.60. The largest absolute Gasteiger partial charge is 0.395 e. The van der Waals surface area contributed by atoms with Crippen LogP contribution in [0.4, 0.5) is 0 Å². The summed E-state index contributed by atoms with van der Waals surface area (Å²) < 4.78 is 6.47. The topological polar surface area (TPSA) is 108 Å². The van der Waals surface area contributed by atoms with Crippen molar-refractivity contribution in [3.05, 3.63) is 35.9 Å². The SMILES string of the molecule is CC(C)(C)CC(C)(C)NC(=O)C1N(CCO)C(=O)[C@@H]2[C@@H](C(=O)NCc3ccccc3)[C@@H]3OC12CC3Br. The summed E-state index contributed by atoms with van der Waals surface area (Å²) in [5.41, 5.74) is -0.701. The first-order chi connectivity index (χ1) is 16.8. The molecule has 2 bridgehead atoms. The van der Waals surface area contributed by atoms with Crippen molar-refractivity contribution in [2.45, 2.75) is 82.1 Å². The first-order valence-corrected chi connectivity index (χ1v) is 13.6. The number of halogens is 1. The third kappa shape index (κ3) is 4.94. The molecule has 3 fully saturated rings. The van der Waals surface area contributed by atoms with Crippen LogP contribution in [0.15, 0.2) is 30.3 Å². The number of hydrogen-bond donors (Lipinski definition) is 3. The van der Waals surface area contributed by atoms with Gasteiger partial charge in [0.05, 0.1) is 24.5 Å². The fraction of sp³-hybridized carbons (Fsp3) is 0.667. The van der Waals surface area contributed by atoms with E-state index in [9.17, 15) is 19.5 Å². The Morgan fingerprint density at radius 3 is 2.44 bits per heavy atom. The molecule has 1 aromatic rings. The van der Waals surface area contributed by atoms with E-state index < -0.39 is 35.1 Å². The summed E-state index contributed by atoms with van der Waals surface area (Å²) in [5, 5.41) is 15.9. The first kappa shape index (κ1) is 27.1. The maximum atomic E-state index is 13.8. The number of alkyl halides is 1. The molecule has 0 radical (unpaired) electrons. The number of ether oxygens (including phenoxy) is 1. The molecule has 36 heavy (non-hydrogen) atoms. The summed E-state index contributed by atoms with van der Waals surface area (Å²) in [6.07, 6.45) is 0.664. The molecule has 0 aliphatic carbocycles. The van der Waals surface area contributed by atoms with Gasteiger partial charge in [0, 0.05) is 23.5 Å². The number of benzene rings is 1. The van der Waals surface area contributed by atoms with Gasteiger partial charge in [-0.3, -0.25) is 14.4 Å². The number of carbonyl (C=O) groups excluding carboxylic acids is 3. The highest BCUT2D eigenvalue weighted by molar-refractivity contribution is 9.09. The van der Waals surface area contributed by atoms with Gasteiger partial charge in [0.2, 0.25) is 17.7 Å². The number of likely N-dealkylation sites (tertiary alicyclic amines) is 1. The summed E-state index contributed by atoms with van der Waals surface area (Å²) in [7, 11) is 0. The molecule has 1 spiro atoms. The monoisotopic (exact) mass is 563 g/mol. The molecular formula is C27H38BrN3O5. The van der Waals surface area contributed by atoms with Gasteiger partial charge in [0.25, 0.3) is 0 Å². The summed E-state index contributed by atoms with van der Waals surface area (Å²) in [6.45, 7) is 10.4. The Bertz CT molecular complexity index is 1010. The van der Waals surface area contributed by atoms with Crippen molar-refractivity contribution in [2.75, 3.05) is 13.2 Å². The van der Waals surface area contributed by atoms with E-state index in [4.69, 9.17) is 4.74 Å². The maximum Gasteiger partial charge on any atom is 0.246 e. The standard InChI is InChI=1S/C27H38BrN3O5/c1-25(2,3)15-26(4,5)30-23(34)21-27-13-17(28)20(36-27)18(19(27)24(35)31(21)11-12-32)22(33)29-14-16-9-7-6-8-10-16/h6-10,17-21,32H,11-15H2,1-5H3,(H,29,33)(H,30,34)/t17?,18-,19+,20-,21?,27?/m1/s1. The van der Waals surface area contributed by atoms with Crippen LogP contribution in [-0.2, 0) is 25.7 Å². The second-order valence-electron chi connectivity index (χ2n) is 12.2. The Kier molecular flexibility index (Phi) is 7.31. The van der Waals surface area contributed by atoms with Gasteiger partial charge in [-0.1, -0.05) is 67.0 Å². The number of β-amino-alcohol motifs (C(OH)–C–C–N with tert-alkyl or cyclic N) is 1. The van der Waals surface area contributed by atoms with Gasteiger partial charge in [0.15, 0.2) is 0 Å². The van der Waals surface area contributed by atoms with E-state index in [0.717, 1.165) is 12.0 Å². The van der Waals surface area contributed by atoms with Crippen molar-refractivity contribution in [3.8, 4) is 0 Å². The zero-order valence-electron chi connectivity index (χ0n) is 21.7. The second-order valence-corrected chi connectivity index (χ2v) is 13.4. The number of hydrogen-bond acceptors (Lipinski definition) is 5. The Morgan fingerprint density at radius 1 is 1.17 bits per heavy atom. The zero-order valence-corrected chi connectivity index (χ0v) is 23.3. The van der Waals surface area contributed by atoms with Crippen LogP contribution >= 0.6 is 15.9 Å². The Labute approximate surface area is 221 Å². The van der Waals surface area contributed by atoms with E-state index >= 15 is 0 Å². The molecule has 3 aliphatic heterocycles. The third-order valence-electron chi connectivity index (χ3n) is 7.42. The van der Waals surface area contributed by atoms with E-state index in [1.165, 1.54) is 4.90 Å². The average molecular weight is 565 g/mol. The number of aliphatic hydroxyl groups is 1. The maximum absolute atomic E-state index is 13.8.